The summed E-state index contributed by atoms with van der Waals surface area (Å²) in [6, 6.07) is 6.91. The van der Waals surface area contributed by atoms with Crippen molar-refractivity contribution in [2.75, 3.05) is 52.9 Å². The van der Waals surface area contributed by atoms with Gasteiger partial charge in [0.2, 0.25) is 0 Å². The van der Waals surface area contributed by atoms with Gasteiger partial charge in [-0.1, -0.05) is 6.92 Å². The first-order valence-corrected chi connectivity index (χ1v) is 9.02. The van der Waals surface area contributed by atoms with Crippen molar-refractivity contribution in [3.8, 4) is 5.75 Å². The van der Waals surface area contributed by atoms with E-state index in [0.717, 1.165) is 39.1 Å². The zero-order valence-electron chi connectivity index (χ0n) is 15.3. The third-order valence-electron chi connectivity index (χ3n) is 4.44. The lowest BCUT2D eigenvalue weighted by molar-refractivity contribution is -0.123. The summed E-state index contributed by atoms with van der Waals surface area (Å²) in [6.07, 6.45) is 1.43. The number of piperazine rings is 1. The summed E-state index contributed by atoms with van der Waals surface area (Å²) in [4.78, 5) is 28.1. The van der Waals surface area contributed by atoms with E-state index >= 15 is 0 Å². The molecule has 0 unspecified atom stereocenters. The number of ketones is 1. The SMILES string of the molecule is CCC(=O)c1ccc(OCC(=O)NCCCN2CCN(C)CC2)cc1. The van der Waals surface area contributed by atoms with Crippen LogP contribution in [-0.2, 0) is 4.79 Å². The van der Waals surface area contributed by atoms with E-state index in [1.165, 1.54) is 0 Å². The molecule has 1 aliphatic rings. The minimum atomic E-state index is -0.118. The highest BCUT2D eigenvalue weighted by Crippen LogP contribution is 2.13. The van der Waals surface area contributed by atoms with Gasteiger partial charge in [-0.3, -0.25) is 9.59 Å². The van der Waals surface area contributed by atoms with Gasteiger partial charge in [0.05, 0.1) is 0 Å². The number of nitrogens with one attached hydrogen (secondary N) is 1. The summed E-state index contributed by atoms with van der Waals surface area (Å²) in [7, 11) is 2.15. The Bertz CT molecular complexity index is 552. The number of amides is 1. The van der Waals surface area contributed by atoms with Crippen LogP contribution in [0.2, 0.25) is 0 Å². The average Bonchev–Trinajstić information content (AvgIpc) is 2.64. The molecule has 1 aromatic carbocycles. The summed E-state index contributed by atoms with van der Waals surface area (Å²) in [5.41, 5.74) is 0.670. The standard InChI is InChI=1S/C19H29N3O3/c1-3-18(23)16-5-7-17(8-6-16)25-15-19(24)20-9-4-10-22-13-11-21(2)12-14-22/h5-8H,3-4,9-15H2,1-2H3,(H,20,24). The normalized spacial score (nSPS) is 15.8. The summed E-state index contributed by atoms with van der Waals surface area (Å²) >= 11 is 0. The van der Waals surface area contributed by atoms with Gasteiger partial charge in [0.25, 0.3) is 5.91 Å². The van der Waals surface area contributed by atoms with Crippen LogP contribution in [0.4, 0.5) is 0 Å². The van der Waals surface area contributed by atoms with Crippen molar-refractivity contribution in [2.24, 2.45) is 0 Å². The molecule has 1 aliphatic heterocycles. The molecule has 0 radical (unpaired) electrons. The molecule has 0 aromatic heterocycles. The molecule has 2 rings (SSSR count). The largest absolute Gasteiger partial charge is 0.484 e. The van der Waals surface area contributed by atoms with E-state index in [9.17, 15) is 9.59 Å². The maximum atomic E-state index is 11.8. The molecule has 25 heavy (non-hydrogen) atoms. The number of hydrogen-bond donors (Lipinski definition) is 1. The Morgan fingerprint density at radius 1 is 1.12 bits per heavy atom. The first-order valence-electron chi connectivity index (χ1n) is 9.02. The van der Waals surface area contributed by atoms with Crippen LogP contribution in [0.1, 0.15) is 30.1 Å². The van der Waals surface area contributed by atoms with Crippen LogP contribution in [0, 0.1) is 0 Å². The van der Waals surface area contributed by atoms with E-state index in [0.29, 0.717) is 24.3 Å². The second kappa shape index (κ2) is 10.2. The van der Waals surface area contributed by atoms with Gasteiger partial charge < -0.3 is 19.9 Å². The Morgan fingerprint density at radius 2 is 1.80 bits per heavy atom. The first kappa shape index (κ1) is 19.4. The predicted octanol–water partition coefficient (Wildman–Crippen LogP) is 1.41. The zero-order chi connectivity index (χ0) is 18.1. The number of Topliss-reactive ketones (excluding diaryl/α,β-unsaturated/α-hetero) is 1. The number of carbonyl (C=O) groups is 2. The second-order valence-electron chi connectivity index (χ2n) is 6.44. The van der Waals surface area contributed by atoms with E-state index in [1.807, 2.05) is 6.92 Å². The van der Waals surface area contributed by atoms with Crippen molar-refractivity contribution in [1.29, 1.82) is 0 Å². The van der Waals surface area contributed by atoms with Gasteiger partial charge in [-0.25, -0.2) is 0 Å². The number of nitrogens with zero attached hydrogens (tertiary/aromatic N) is 2. The third-order valence-corrected chi connectivity index (χ3v) is 4.44. The summed E-state index contributed by atoms with van der Waals surface area (Å²) in [6.45, 7) is 7.94. The summed E-state index contributed by atoms with van der Waals surface area (Å²) in [5.74, 6) is 0.581. The highest BCUT2D eigenvalue weighted by Gasteiger charge is 2.13. The molecule has 0 spiro atoms. The fraction of sp³-hybridized carbons (Fsp3) is 0.579. The third kappa shape index (κ3) is 6.84. The summed E-state index contributed by atoms with van der Waals surface area (Å²) in [5, 5.41) is 2.88. The van der Waals surface area contributed by atoms with Crippen molar-refractivity contribution in [3.63, 3.8) is 0 Å². The Kier molecular flexibility index (Phi) is 7.88. The fourth-order valence-electron chi connectivity index (χ4n) is 2.74. The zero-order valence-corrected chi connectivity index (χ0v) is 15.3. The highest BCUT2D eigenvalue weighted by atomic mass is 16.5. The van der Waals surface area contributed by atoms with E-state index in [2.05, 4.69) is 22.2 Å². The second-order valence-corrected chi connectivity index (χ2v) is 6.44. The van der Waals surface area contributed by atoms with Gasteiger partial charge in [-0.05, 0) is 44.3 Å². The molecule has 1 fully saturated rings. The molecular weight excluding hydrogens is 318 g/mol. The van der Waals surface area contributed by atoms with Crippen molar-refractivity contribution in [2.45, 2.75) is 19.8 Å². The molecule has 0 saturated carbocycles. The van der Waals surface area contributed by atoms with E-state index in [4.69, 9.17) is 4.74 Å². The van der Waals surface area contributed by atoms with Gasteiger partial charge in [-0.15, -0.1) is 0 Å². The number of carbonyl (C=O) groups excluding carboxylic acids is 2. The molecule has 1 aromatic rings. The number of ether oxygens (including phenoxy) is 1. The maximum Gasteiger partial charge on any atom is 0.257 e. The monoisotopic (exact) mass is 347 g/mol. The lowest BCUT2D eigenvalue weighted by atomic mass is 10.1. The molecular formula is C19H29N3O3. The minimum Gasteiger partial charge on any atom is -0.484 e. The quantitative estimate of drug-likeness (QED) is 0.541. The first-order chi connectivity index (χ1) is 12.1. The van der Waals surface area contributed by atoms with Gasteiger partial charge in [-0.2, -0.15) is 0 Å². The number of likely N-dealkylation sites (N-methyl/N-ethyl adjacent to an activating group) is 1. The van der Waals surface area contributed by atoms with Crippen LogP contribution in [0.5, 0.6) is 5.75 Å². The lowest BCUT2D eigenvalue weighted by Crippen LogP contribution is -2.45. The average molecular weight is 347 g/mol. The van der Waals surface area contributed by atoms with Crippen molar-refractivity contribution in [3.05, 3.63) is 29.8 Å². The van der Waals surface area contributed by atoms with E-state index in [1.54, 1.807) is 24.3 Å². The molecule has 0 aliphatic carbocycles. The summed E-state index contributed by atoms with van der Waals surface area (Å²) < 4.78 is 5.46. The topological polar surface area (TPSA) is 61.9 Å². The maximum absolute atomic E-state index is 11.8. The fourth-order valence-corrected chi connectivity index (χ4v) is 2.74. The van der Waals surface area contributed by atoms with Gasteiger partial charge in [0, 0.05) is 44.7 Å². The van der Waals surface area contributed by atoms with Crippen LogP contribution in [0.15, 0.2) is 24.3 Å². The highest BCUT2D eigenvalue weighted by molar-refractivity contribution is 5.95. The van der Waals surface area contributed by atoms with Crippen LogP contribution in [-0.4, -0.2) is 74.4 Å². The number of hydrogen-bond acceptors (Lipinski definition) is 5. The van der Waals surface area contributed by atoms with Gasteiger partial charge in [0.1, 0.15) is 5.75 Å². The van der Waals surface area contributed by atoms with Crippen LogP contribution in [0.3, 0.4) is 0 Å². The molecule has 1 saturated heterocycles. The molecule has 0 atom stereocenters. The molecule has 138 valence electrons. The Morgan fingerprint density at radius 3 is 2.44 bits per heavy atom. The van der Waals surface area contributed by atoms with Gasteiger partial charge >= 0.3 is 0 Å². The molecule has 1 heterocycles. The lowest BCUT2D eigenvalue weighted by Gasteiger charge is -2.32. The Hall–Kier alpha value is -1.92. The molecule has 6 heteroatoms. The van der Waals surface area contributed by atoms with E-state index in [-0.39, 0.29) is 18.3 Å². The van der Waals surface area contributed by atoms with Crippen LogP contribution in [0.25, 0.3) is 0 Å². The molecule has 1 N–H and O–H groups in total. The van der Waals surface area contributed by atoms with Crippen molar-refractivity contribution in [1.82, 2.24) is 15.1 Å². The smallest absolute Gasteiger partial charge is 0.257 e. The van der Waals surface area contributed by atoms with Crippen LogP contribution < -0.4 is 10.1 Å². The molecule has 6 nitrogen and oxygen atoms in total. The van der Waals surface area contributed by atoms with Gasteiger partial charge in [0.15, 0.2) is 12.4 Å². The predicted molar refractivity (Wildman–Crippen MR) is 98.1 cm³/mol. The van der Waals surface area contributed by atoms with E-state index < -0.39 is 0 Å². The minimum absolute atomic E-state index is 0.00439. The number of rotatable bonds is 9. The van der Waals surface area contributed by atoms with Crippen LogP contribution >= 0.6 is 0 Å². The molecule has 0 bridgehead atoms. The van der Waals surface area contributed by atoms with Crippen molar-refractivity contribution >= 4 is 11.7 Å². The molecule has 1 amide bonds. The Balaban J connectivity index is 1.58. The van der Waals surface area contributed by atoms with Crippen molar-refractivity contribution < 1.29 is 14.3 Å². The number of benzene rings is 1. The Labute approximate surface area is 150 Å².